The molecule has 0 saturated heterocycles. The summed E-state index contributed by atoms with van der Waals surface area (Å²) >= 11 is 0. The highest BCUT2D eigenvalue weighted by molar-refractivity contribution is 5.78. The molecule has 0 spiro atoms. The minimum atomic E-state index is -2.65. The van der Waals surface area contributed by atoms with Crippen molar-refractivity contribution in [3.05, 3.63) is 34.2 Å². The predicted molar refractivity (Wildman–Crippen MR) is 75.1 cm³/mol. The van der Waals surface area contributed by atoms with Crippen molar-refractivity contribution in [1.82, 2.24) is 9.97 Å². The fourth-order valence-electron chi connectivity index (χ4n) is 2.92. The number of aromatic nitrogens is 2. The number of halogens is 2. The zero-order chi connectivity index (χ0) is 15.0. The van der Waals surface area contributed by atoms with Gasteiger partial charge in [0.2, 0.25) is 11.8 Å². The molecule has 0 radical (unpaired) electrons. The second-order valence-electron chi connectivity index (χ2n) is 5.51. The average Bonchev–Trinajstić information content (AvgIpc) is 2.45. The van der Waals surface area contributed by atoms with Crippen LogP contribution in [-0.2, 0) is 0 Å². The maximum absolute atomic E-state index is 13.6. The average molecular weight is 294 g/mol. The monoisotopic (exact) mass is 294 g/mol. The van der Waals surface area contributed by atoms with Crippen molar-refractivity contribution in [3.63, 3.8) is 0 Å². The number of pyridine rings is 2. The Labute approximate surface area is 120 Å². The number of H-pyrrole nitrogens is 1. The number of methoxy groups -OCH3 is 1. The Morgan fingerprint density at radius 1 is 1.43 bits per heavy atom. The highest BCUT2D eigenvalue weighted by Crippen LogP contribution is 2.41. The maximum atomic E-state index is 13.6. The number of ether oxygens (including phenoxy) is 1. The third-order valence-electron chi connectivity index (χ3n) is 4.00. The third kappa shape index (κ3) is 2.75. The SMILES string of the molecule is COc1cc2[nH]c(C3CCCC(F)(F)C3)cc(=O)c2cn1. The van der Waals surface area contributed by atoms with E-state index in [-0.39, 0.29) is 24.2 Å². The molecule has 1 fully saturated rings. The fraction of sp³-hybridized carbons (Fsp3) is 0.467. The van der Waals surface area contributed by atoms with Crippen LogP contribution < -0.4 is 10.2 Å². The van der Waals surface area contributed by atoms with Crippen molar-refractivity contribution in [2.45, 2.75) is 37.5 Å². The first-order valence-corrected chi connectivity index (χ1v) is 6.93. The lowest BCUT2D eigenvalue weighted by atomic mass is 9.84. The van der Waals surface area contributed by atoms with Gasteiger partial charge in [0, 0.05) is 42.8 Å². The Balaban J connectivity index is 2.05. The summed E-state index contributed by atoms with van der Waals surface area (Å²) in [7, 11) is 1.48. The molecule has 4 nitrogen and oxygen atoms in total. The van der Waals surface area contributed by atoms with Crippen LogP contribution in [0.3, 0.4) is 0 Å². The first-order valence-electron chi connectivity index (χ1n) is 6.93. The van der Waals surface area contributed by atoms with Crippen LogP contribution in [0.2, 0.25) is 0 Å². The van der Waals surface area contributed by atoms with E-state index in [1.54, 1.807) is 6.07 Å². The summed E-state index contributed by atoms with van der Waals surface area (Å²) in [4.78, 5) is 19.2. The summed E-state index contributed by atoms with van der Waals surface area (Å²) in [5, 5.41) is 0.433. The number of hydrogen-bond acceptors (Lipinski definition) is 3. The molecule has 112 valence electrons. The largest absolute Gasteiger partial charge is 0.481 e. The number of nitrogens with one attached hydrogen (secondary N) is 1. The molecule has 2 aromatic heterocycles. The summed E-state index contributed by atoms with van der Waals surface area (Å²) in [5.74, 6) is -2.58. The van der Waals surface area contributed by atoms with Crippen molar-refractivity contribution >= 4 is 10.9 Å². The summed E-state index contributed by atoms with van der Waals surface area (Å²) in [6, 6.07) is 3.03. The van der Waals surface area contributed by atoms with E-state index in [1.807, 2.05) is 0 Å². The van der Waals surface area contributed by atoms with Gasteiger partial charge >= 0.3 is 0 Å². The molecule has 1 aliphatic carbocycles. The molecule has 1 N–H and O–H groups in total. The lowest BCUT2D eigenvalue weighted by molar-refractivity contribution is -0.0412. The van der Waals surface area contributed by atoms with Gasteiger partial charge in [0.15, 0.2) is 5.43 Å². The van der Waals surface area contributed by atoms with E-state index < -0.39 is 5.92 Å². The lowest BCUT2D eigenvalue weighted by Crippen LogP contribution is -2.26. The first-order chi connectivity index (χ1) is 9.98. The Morgan fingerprint density at radius 2 is 2.24 bits per heavy atom. The molecule has 1 aliphatic rings. The van der Waals surface area contributed by atoms with Gasteiger partial charge < -0.3 is 9.72 Å². The molecular formula is C15H16F2N2O2. The summed E-state index contributed by atoms with van der Waals surface area (Å²) in [6.07, 6.45) is 2.29. The Bertz CT molecular complexity index is 727. The van der Waals surface area contributed by atoms with Gasteiger partial charge in [0.1, 0.15) is 0 Å². The summed E-state index contributed by atoms with van der Waals surface area (Å²) in [6.45, 7) is 0. The minimum Gasteiger partial charge on any atom is -0.481 e. The molecule has 0 aliphatic heterocycles. The van der Waals surface area contributed by atoms with E-state index in [0.717, 1.165) is 0 Å². The molecule has 0 aromatic carbocycles. The maximum Gasteiger partial charge on any atom is 0.248 e. The number of hydrogen-bond donors (Lipinski definition) is 1. The van der Waals surface area contributed by atoms with E-state index in [2.05, 4.69) is 9.97 Å². The van der Waals surface area contributed by atoms with Crippen LogP contribution in [0, 0.1) is 0 Å². The van der Waals surface area contributed by atoms with Crippen molar-refractivity contribution in [3.8, 4) is 5.88 Å². The van der Waals surface area contributed by atoms with Crippen molar-refractivity contribution in [1.29, 1.82) is 0 Å². The van der Waals surface area contributed by atoms with Gasteiger partial charge in [-0.25, -0.2) is 13.8 Å². The minimum absolute atomic E-state index is 0.0704. The molecule has 0 bridgehead atoms. The number of aromatic amines is 1. The fourth-order valence-corrected chi connectivity index (χ4v) is 2.92. The molecule has 2 aromatic rings. The quantitative estimate of drug-likeness (QED) is 0.925. The van der Waals surface area contributed by atoms with Crippen molar-refractivity contribution in [2.24, 2.45) is 0 Å². The predicted octanol–water partition coefficient (Wildman–Crippen LogP) is 3.22. The highest BCUT2D eigenvalue weighted by atomic mass is 19.3. The number of nitrogens with zero attached hydrogens (tertiary/aromatic N) is 1. The lowest BCUT2D eigenvalue weighted by Gasteiger charge is -2.28. The van der Waals surface area contributed by atoms with Crippen LogP contribution in [0.25, 0.3) is 10.9 Å². The molecular weight excluding hydrogens is 278 g/mol. The molecule has 1 unspecified atom stereocenters. The van der Waals surface area contributed by atoms with Crippen LogP contribution in [0.1, 0.15) is 37.3 Å². The zero-order valence-corrected chi connectivity index (χ0v) is 11.7. The van der Waals surface area contributed by atoms with Gasteiger partial charge in [-0.3, -0.25) is 4.79 Å². The van der Waals surface area contributed by atoms with Crippen LogP contribution in [0.5, 0.6) is 5.88 Å². The Morgan fingerprint density at radius 3 is 2.95 bits per heavy atom. The molecule has 6 heteroatoms. The van der Waals surface area contributed by atoms with Gasteiger partial charge in [-0.1, -0.05) is 0 Å². The first kappa shape index (κ1) is 14.0. The van der Waals surface area contributed by atoms with E-state index in [9.17, 15) is 13.6 Å². The smallest absolute Gasteiger partial charge is 0.248 e. The zero-order valence-electron chi connectivity index (χ0n) is 11.7. The van der Waals surface area contributed by atoms with Crippen LogP contribution in [0.4, 0.5) is 8.78 Å². The number of alkyl halides is 2. The van der Waals surface area contributed by atoms with Gasteiger partial charge in [-0.2, -0.15) is 0 Å². The second kappa shape index (κ2) is 5.09. The Hall–Kier alpha value is -1.98. The second-order valence-corrected chi connectivity index (χ2v) is 5.51. The van der Waals surface area contributed by atoms with Gasteiger partial charge in [0.25, 0.3) is 0 Å². The summed E-state index contributed by atoms with van der Waals surface area (Å²) in [5.41, 5.74) is 0.932. The van der Waals surface area contributed by atoms with E-state index in [0.29, 0.717) is 35.3 Å². The number of fused-ring (bicyclic) bond motifs is 1. The van der Waals surface area contributed by atoms with E-state index >= 15 is 0 Å². The highest BCUT2D eigenvalue weighted by Gasteiger charge is 2.37. The molecule has 3 rings (SSSR count). The molecule has 1 saturated carbocycles. The van der Waals surface area contributed by atoms with Gasteiger partial charge in [0.05, 0.1) is 18.0 Å². The normalized spacial score (nSPS) is 21.4. The summed E-state index contributed by atoms with van der Waals surface area (Å²) < 4.78 is 32.1. The van der Waals surface area contributed by atoms with Crippen LogP contribution in [0.15, 0.2) is 23.1 Å². The van der Waals surface area contributed by atoms with Crippen LogP contribution >= 0.6 is 0 Å². The van der Waals surface area contributed by atoms with Crippen molar-refractivity contribution in [2.75, 3.05) is 7.11 Å². The third-order valence-corrected chi connectivity index (χ3v) is 4.00. The Kier molecular flexibility index (Phi) is 3.39. The van der Waals surface area contributed by atoms with E-state index in [1.165, 1.54) is 19.4 Å². The van der Waals surface area contributed by atoms with E-state index in [4.69, 9.17) is 4.74 Å². The molecule has 21 heavy (non-hydrogen) atoms. The van der Waals surface area contributed by atoms with Crippen molar-refractivity contribution < 1.29 is 13.5 Å². The standard InChI is InChI=1S/C15H16F2N2O2/c1-21-14-6-12-10(8-18-14)13(20)5-11(19-12)9-3-2-4-15(16,17)7-9/h5-6,8-9H,2-4,7H2,1H3,(H,19,20). The topological polar surface area (TPSA) is 55.0 Å². The molecule has 2 heterocycles. The van der Waals surface area contributed by atoms with Crippen LogP contribution in [-0.4, -0.2) is 23.0 Å². The molecule has 0 amide bonds. The molecule has 1 atom stereocenters. The number of rotatable bonds is 2. The van der Waals surface area contributed by atoms with Gasteiger partial charge in [-0.05, 0) is 12.8 Å². The van der Waals surface area contributed by atoms with Gasteiger partial charge in [-0.15, -0.1) is 0 Å².